The molecule has 0 saturated carbocycles. The third-order valence-corrected chi connectivity index (χ3v) is 6.27. The summed E-state index contributed by atoms with van der Waals surface area (Å²) < 4.78 is 2.34. The number of fused-ring (bicyclic) bond motifs is 1. The molecule has 1 aromatic rings. The minimum atomic E-state index is -0.343. The van der Waals surface area contributed by atoms with Crippen molar-refractivity contribution in [3.63, 3.8) is 0 Å². The second-order valence-electron chi connectivity index (χ2n) is 5.36. The number of benzene rings is 1. The Balaban J connectivity index is 2.47. The van der Waals surface area contributed by atoms with Crippen LogP contribution in [0.5, 0.6) is 0 Å². The molecule has 1 heteroatoms. The van der Waals surface area contributed by atoms with Gasteiger partial charge in [0.15, 0.2) is 0 Å². The van der Waals surface area contributed by atoms with Crippen LogP contribution in [0, 0.1) is 6.58 Å². The summed E-state index contributed by atoms with van der Waals surface area (Å²) in [5.74, 6) is 0. The molecule has 0 aromatic heterocycles. The molecule has 1 aromatic carbocycles. The Morgan fingerprint density at radius 1 is 1.26 bits per heavy atom. The molecule has 0 bridgehead atoms. The van der Waals surface area contributed by atoms with E-state index in [1.807, 2.05) is 6.92 Å². The van der Waals surface area contributed by atoms with E-state index < -0.39 is 0 Å². The third kappa shape index (κ3) is 3.05. The van der Waals surface area contributed by atoms with Gasteiger partial charge in [-0.25, -0.2) is 0 Å². The zero-order valence-electron chi connectivity index (χ0n) is 11.7. The van der Waals surface area contributed by atoms with Crippen molar-refractivity contribution in [3.05, 3.63) is 75.9 Å². The molecule has 0 atom stereocenters. The predicted octanol–water partition coefficient (Wildman–Crippen LogP) is 1.86. The number of allylic oxidation sites excluding steroid dienone is 5. The van der Waals surface area contributed by atoms with Crippen LogP contribution >= 0.6 is 0 Å². The molecule has 0 nitrogen and oxygen atoms in total. The maximum atomic E-state index is 6.12. The van der Waals surface area contributed by atoms with Gasteiger partial charge in [-0.1, -0.05) is 0 Å². The summed E-state index contributed by atoms with van der Waals surface area (Å²) in [5, 5.41) is 0. The molecule has 0 unspecified atom stereocenters. The molecular weight excluding hydrogens is 343 g/mol. The summed E-state index contributed by atoms with van der Waals surface area (Å²) in [6.45, 7) is 16.6. The number of halogens is 1. The van der Waals surface area contributed by atoms with E-state index in [1.54, 1.807) is 0 Å². The van der Waals surface area contributed by atoms with E-state index in [2.05, 4.69) is 62.9 Å². The van der Waals surface area contributed by atoms with E-state index in [9.17, 15) is 0 Å². The SMILES string of the molecule is [CH+]=C([I-]C1=CC=CC(C)(C)c2ccccc21)C(=C)C. The summed E-state index contributed by atoms with van der Waals surface area (Å²) in [7, 11) is 0. The molecule has 0 heterocycles. The Labute approximate surface area is 126 Å². The average molecular weight is 362 g/mol. The number of hydrogen-bond acceptors (Lipinski definition) is 0. The van der Waals surface area contributed by atoms with Gasteiger partial charge in [-0.2, -0.15) is 0 Å². The molecule has 2 rings (SSSR count). The topological polar surface area (TPSA) is 0 Å². The fourth-order valence-corrected chi connectivity index (χ4v) is 4.31. The normalized spacial score (nSPS) is 16.4. The first-order valence-corrected chi connectivity index (χ1v) is 8.50. The van der Waals surface area contributed by atoms with Crippen LogP contribution in [0.4, 0.5) is 0 Å². The van der Waals surface area contributed by atoms with Crippen molar-refractivity contribution in [3.8, 4) is 0 Å². The van der Waals surface area contributed by atoms with Crippen molar-refractivity contribution >= 4 is 3.58 Å². The van der Waals surface area contributed by atoms with Gasteiger partial charge in [0.05, 0.1) is 0 Å². The zero-order chi connectivity index (χ0) is 14.0. The van der Waals surface area contributed by atoms with E-state index in [1.165, 1.54) is 14.7 Å². The fourth-order valence-electron chi connectivity index (χ4n) is 2.08. The van der Waals surface area contributed by atoms with Gasteiger partial charge in [-0.15, -0.1) is 0 Å². The van der Waals surface area contributed by atoms with Crippen LogP contribution in [-0.2, 0) is 5.41 Å². The second-order valence-corrected chi connectivity index (χ2v) is 8.23. The molecule has 98 valence electrons. The standard InChI is InChI=1S/C18H19I/c1-13(2)14(3)19-17-11-8-12-18(4,5)16-10-7-6-9-15(16)17/h3,6-12H,1H2,2,4-5H3. The van der Waals surface area contributed by atoms with E-state index >= 15 is 0 Å². The molecular formula is C18H19I. The molecule has 0 N–H and O–H groups in total. The van der Waals surface area contributed by atoms with Crippen LogP contribution in [0.15, 0.2) is 58.2 Å². The summed E-state index contributed by atoms with van der Waals surface area (Å²) in [6, 6.07) is 8.65. The first-order valence-electron chi connectivity index (χ1n) is 6.34. The molecule has 0 spiro atoms. The van der Waals surface area contributed by atoms with Crippen LogP contribution in [0.2, 0.25) is 0 Å². The third-order valence-electron chi connectivity index (χ3n) is 3.25. The Morgan fingerprint density at radius 2 is 1.95 bits per heavy atom. The van der Waals surface area contributed by atoms with E-state index in [0.29, 0.717) is 0 Å². The van der Waals surface area contributed by atoms with E-state index in [4.69, 9.17) is 6.58 Å². The Hall–Kier alpha value is -1.18. The molecule has 1 aliphatic carbocycles. The molecule has 0 aliphatic heterocycles. The second kappa shape index (κ2) is 5.44. The quantitative estimate of drug-likeness (QED) is 0.438. The maximum absolute atomic E-state index is 6.12. The summed E-state index contributed by atoms with van der Waals surface area (Å²) in [4.78, 5) is 0. The van der Waals surface area contributed by atoms with Gasteiger partial charge >= 0.3 is 127 Å². The van der Waals surface area contributed by atoms with Crippen LogP contribution < -0.4 is 21.2 Å². The van der Waals surface area contributed by atoms with Crippen molar-refractivity contribution in [2.45, 2.75) is 26.2 Å². The monoisotopic (exact) mass is 362 g/mol. The first-order chi connectivity index (χ1) is 8.92. The molecule has 0 radical (unpaired) electrons. The zero-order valence-corrected chi connectivity index (χ0v) is 13.9. The summed E-state index contributed by atoms with van der Waals surface area (Å²) >= 11 is -0.343. The van der Waals surface area contributed by atoms with Gasteiger partial charge in [-0.05, 0) is 0 Å². The van der Waals surface area contributed by atoms with Crippen molar-refractivity contribution in [2.75, 3.05) is 0 Å². The predicted molar refractivity (Wildman–Crippen MR) is 79.2 cm³/mol. The van der Waals surface area contributed by atoms with Gasteiger partial charge in [0.2, 0.25) is 0 Å². The van der Waals surface area contributed by atoms with E-state index in [-0.39, 0.29) is 26.6 Å². The van der Waals surface area contributed by atoms with Crippen molar-refractivity contribution in [1.82, 2.24) is 0 Å². The Bertz CT molecular complexity index is 585. The Kier molecular flexibility index (Phi) is 4.07. The van der Waals surface area contributed by atoms with Gasteiger partial charge in [0, 0.05) is 0 Å². The molecule has 1 aliphatic rings. The molecule has 0 saturated heterocycles. The van der Waals surface area contributed by atoms with Crippen LogP contribution in [0.25, 0.3) is 3.58 Å². The van der Waals surface area contributed by atoms with E-state index in [0.717, 1.165) is 9.15 Å². The van der Waals surface area contributed by atoms with Gasteiger partial charge in [0.1, 0.15) is 0 Å². The van der Waals surface area contributed by atoms with Crippen LogP contribution in [0.1, 0.15) is 31.9 Å². The fraction of sp³-hybridized carbons (Fsp3) is 0.222. The summed E-state index contributed by atoms with van der Waals surface area (Å²) in [5.41, 5.74) is 3.79. The first kappa shape index (κ1) is 14.2. The van der Waals surface area contributed by atoms with Crippen LogP contribution in [0.3, 0.4) is 0 Å². The van der Waals surface area contributed by atoms with Gasteiger partial charge in [-0.3, -0.25) is 0 Å². The van der Waals surface area contributed by atoms with Crippen molar-refractivity contribution in [2.24, 2.45) is 0 Å². The van der Waals surface area contributed by atoms with Crippen molar-refractivity contribution in [1.29, 1.82) is 0 Å². The minimum absolute atomic E-state index is 0.0660. The summed E-state index contributed by atoms with van der Waals surface area (Å²) in [6.07, 6.45) is 6.65. The molecule has 0 amide bonds. The average Bonchev–Trinajstić information content (AvgIpc) is 2.48. The molecule has 19 heavy (non-hydrogen) atoms. The van der Waals surface area contributed by atoms with Crippen LogP contribution in [-0.4, -0.2) is 0 Å². The number of rotatable bonds is 3. The van der Waals surface area contributed by atoms with Gasteiger partial charge < -0.3 is 0 Å². The van der Waals surface area contributed by atoms with Gasteiger partial charge in [0.25, 0.3) is 0 Å². The number of hydrogen-bond donors (Lipinski definition) is 0. The molecule has 0 fully saturated rings. The van der Waals surface area contributed by atoms with Crippen molar-refractivity contribution < 1.29 is 21.2 Å². The Morgan fingerprint density at radius 3 is 2.63 bits per heavy atom.